The number of alkyl halides is 2. The Morgan fingerprint density at radius 2 is 2.16 bits per heavy atom. The van der Waals surface area contributed by atoms with Crippen LogP contribution in [0.3, 0.4) is 0 Å². The molecule has 8 nitrogen and oxygen atoms in total. The molecule has 0 radical (unpaired) electrons. The van der Waals surface area contributed by atoms with Crippen LogP contribution < -0.4 is 10.5 Å². The maximum atomic E-state index is 14.3. The predicted molar refractivity (Wildman–Crippen MR) is 107 cm³/mol. The molecule has 1 saturated carbocycles. The Morgan fingerprint density at radius 1 is 1.41 bits per heavy atom. The summed E-state index contributed by atoms with van der Waals surface area (Å²) in [6.45, 7) is 1.74. The zero-order valence-corrected chi connectivity index (χ0v) is 17.4. The highest BCUT2D eigenvalue weighted by atomic mass is 19.3. The van der Waals surface area contributed by atoms with E-state index >= 15 is 0 Å². The third-order valence-corrected chi connectivity index (χ3v) is 6.58. The number of amides is 2. The van der Waals surface area contributed by atoms with Gasteiger partial charge in [-0.1, -0.05) is 17.9 Å². The Balaban J connectivity index is 1.54. The molecule has 10 heteroatoms. The average molecular weight is 442 g/mol. The fraction of sp³-hybridized carbons (Fsp3) is 0.409. The normalized spacial score (nSPS) is 29.5. The van der Waals surface area contributed by atoms with E-state index < -0.39 is 34.9 Å². The summed E-state index contributed by atoms with van der Waals surface area (Å²) < 4.78 is 35.4. The van der Waals surface area contributed by atoms with Gasteiger partial charge in [0.25, 0.3) is 17.7 Å². The Labute approximate surface area is 181 Å². The van der Waals surface area contributed by atoms with Gasteiger partial charge in [-0.3, -0.25) is 9.59 Å². The lowest BCUT2D eigenvalue weighted by atomic mass is 10.0. The van der Waals surface area contributed by atoms with Gasteiger partial charge in [0, 0.05) is 31.1 Å². The zero-order chi connectivity index (χ0) is 23.1. The summed E-state index contributed by atoms with van der Waals surface area (Å²) in [7, 11) is 1.59. The number of likely N-dealkylation sites (tertiary alicyclic amines) is 1. The number of hydrogen-bond acceptors (Lipinski definition) is 5. The Bertz CT molecular complexity index is 1250. The van der Waals surface area contributed by atoms with E-state index in [0.717, 1.165) is 0 Å². The standard InChI is InChI=1S/C22H20F2N4O4/c1-20-15(22(20,23)24)11-14-16(17(25)29)26-28(18(14)32-20)13-5-3-4-12(10-13)6-7-21(31)8-9-27(2)19(21)30/h3-5,10,15,31H,8-9,11H2,1-2H3,(H2,25,29)/t15?,20-,21+/m1/s1. The van der Waals surface area contributed by atoms with Gasteiger partial charge >= 0.3 is 0 Å². The van der Waals surface area contributed by atoms with Crippen LogP contribution in [0.25, 0.3) is 5.69 Å². The van der Waals surface area contributed by atoms with Crippen molar-refractivity contribution in [2.45, 2.75) is 36.9 Å². The number of nitrogens with zero attached hydrogens (tertiary/aromatic N) is 3. The van der Waals surface area contributed by atoms with Crippen molar-refractivity contribution < 1.29 is 28.2 Å². The van der Waals surface area contributed by atoms with Crippen LogP contribution in [0.2, 0.25) is 0 Å². The minimum absolute atomic E-state index is 0.0473. The second-order valence-electron chi connectivity index (χ2n) is 8.63. The number of aliphatic hydroxyl groups is 1. The third-order valence-electron chi connectivity index (χ3n) is 6.58. The fourth-order valence-corrected chi connectivity index (χ4v) is 4.41. The number of halogens is 2. The Hall–Kier alpha value is -3.45. The molecule has 1 saturated heterocycles. The average Bonchev–Trinajstić information content (AvgIpc) is 3.02. The van der Waals surface area contributed by atoms with Gasteiger partial charge in [0.15, 0.2) is 11.3 Å². The lowest BCUT2D eigenvalue weighted by Crippen LogP contribution is -2.37. The monoisotopic (exact) mass is 442 g/mol. The van der Waals surface area contributed by atoms with Gasteiger partial charge in [-0.05, 0) is 31.5 Å². The fourth-order valence-electron chi connectivity index (χ4n) is 4.41. The molecule has 3 heterocycles. The molecule has 32 heavy (non-hydrogen) atoms. The number of carbonyl (C=O) groups is 2. The number of hydrogen-bond donors (Lipinski definition) is 2. The molecule has 2 fully saturated rings. The molecule has 3 aliphatic rings. The molecule has 0 bridgehead atoms. The summed E-state index contributed by atoms with van der Waals surface area (Å²) in [5, 5.41) is 14.7. The molecule has 3 N–H and O–H groups in total. The molecule has 2 aliphatic heterocycles. The highest BCUT2D eigenvalue weighted by molar-refractivity contribution is 5.93. The number of likely N-dealkylation sites (N-methyl/N-ethyl adjacent to an activating group) is 1. The topological polar surface area (TPSA) is 111 Å². The van der Waals surface area contributed by atoms with E-state index in [9.17, 15) is 23.5 Å². The van der Waals surface area contributed by atoms with E-state index in [-0.39, 0.29) is 30.0 Å². The molecular formula is C22H20F2N4O4. The van der Waals surface area contributed by atoms with E-state index in [4.69, 9.17) is 10.5 Å². The van der Waals surface area contributed by atoms with Crippen LogP contribution in [-0.2, 0) is 11.2 Å². The molecule has 5 rings (SSSR count). The van der Waals surface area contributed by atoms with Crippen molar-refractivity contribution in [1.82, 2.24) is 14.7 Å². The van der Waals surface area contributed by atoms with Crippen molar-refractivity contribution in [3.8, 4) is 23.4 Å². The number of fused-ring (bicyclic) bond motifs is 2. The number of carbonyl (C=O) groups excluding carboxylic acids is 2. The zero-order valence-electron chi connectivity index (χ0n) is 17.4. The number of primary amides is 1. The molecule has 3 atom stereocenters. The van der Waals surface area contributed by atoms with Gasteiger partial charge in [-0.15, -0.1) is 0 Å². The highest BCUT2D eigenvalue weighted by Crippen LogP contribution is 2.65. The van der Waals surface area contributed by atoms with Crippen molar-refractivity contribution >= 4 is 11.8 Å². The summed E-state index contributed by atoms with van der Waals surface area (Å²) in [5.41, 5.74) is 3.02. The molecular weight excluding hydrogens is 422 g/mol. The van der Waals surface area contributed by atoms with Crippen LogP contribution in [0.4, 0.5) is 8.78 Å². The number of nitrogens with two attached hydrogens (primary N) is 1. The minimum atomic E-state index is -3.02. The second-order valence-corrected chi connectivity index (χ2v) is 8.63. The first kappa shape index (κ1) is 20.5. The van der Waals surface area contributed by atoms with Crippen LogP contribution in [-0.4, -0.2) is 62.3 Å². The van der Waals surface area contributed by atoms with Gasteiger partial charge < -0.3 is 20.5 Å². The first-order valence-corrected chi connectivity index (χ1v) is 10.1. The molecule has 1 aromatic heterocycles. The first-order chi connectivity index (χ1) is 15.0. The predicted octanol–water partition coefficient (Wildman–Crippen LogP) is 0.875. The molecule has 0 spiro atoms. The smallest absolute Gasteiger partial charge is 0.294 e. The summed E-state index contributed by atoms with van der Waals surface area (Å²) in [5.74, 6) is 0.112. The van der Waals surface area contributed by atoms with E-state index in [1.807, 2.05) is 0 Å². The third kappa shape index (κ3) is 2.67. The molecule has 2 amide bonds. The SMILES string of the molecule is CN1CC[C@@](O)(C#Cc2cccc(-n3nc(C(N)=O)c4c3O[C@]3(C)C(C4)C3(F)F)c2)C1=O. The maximum Gasteiger partial charge on any atom is 0.294 e. The van der Waals surface area contributed by atoms with Crippen molar-refractivity contribution in [3.05, 3.63) is 41.1 Å². The second kappa shape index (κ2) is 6.29. The summed E-state index contributed by atoms with van der Waals surface area (Å²) in [4.78, 5) is 25.4. The van der Waals surface area contributed by atoms with Gasteiger partial charge in [0.2, 0.25) is 11.5 Å². The maximum absolute atomic E-state index is 14.3. The van der Waals surface area contributed by atoms with Crippen LogP contribution in [0, 0.1) is 17.8 Å². The Morgan fingerprint density at radius 3 is 2.81 bits per heavy atom. The van der Waals surface area contributed by atoms with Gasteiger partial charge in [-0.25, -0.2) is 8.78 Å². The van der Waals surface area contributed by atoms with Crippen LogP contribution >= 0.6 is 0 Å². The Kier molecular flexibility index (Phi) is 4.02. The molecule has 166 valence electrons. The van der Waals surface area contributed by atoms with Gasteiger partial charge in [-0.2, -0.15) is 9.78 Å². The largest absolute Gasteiger partial charge is 0.464 e. The van der Waals surface area contributed by atoms with Crippen LogP contribution in [0.1, 0.15) is 35.0 Å². The van der Waals surface area contributed by atoms with E-state index in [0.29, 0.717) is 17.8 Å². The number of rotatable bonds is 2. The van der Waals surface area contributed by atoms with Crippen LogP contribution in [0.15, 0.2) is 24.3 Å². The van der Waals surface area contributed by atoms with Gasteiger partial charge in [0.05, 0.1) is 11.6 Å². The lowest BCUT2D eigenvalue weighted by molar-refractivity contribution is -0.137. The number of benzene rings is 1. The quantitative estimate of drug-likeness (QED) is 0.671. The summed E-state index contributed by atoms with van der Waals surface area (Å²) in [6, 6.07) is 6.57. The highest BCUT2D eigenvalue weighted by Gasteiger charge is 2.82. The van der Waals surface area contributed by atoms with Crippen molar-refractivity contribution in [2.24, 2.45) is 11.7 Å². The van der Waals surface area contributed by atoms with Gasteiger partial charge in [0.1, 0.15) is 0 Å². The summed E-state index contributed by atoms with van der Waals surface area (Å²) >= 11 is 0. The lowest BCUT2D eigenvalue weighted by Gasteiger charge is -2.20. The number of aromatic nitrogens is 2. The van der Waals surface area contributed by atoms with Crippen LogP contribution in [0.5, 0.6) is 5.88 Å². The number of ether oxygens (including phenoxy) is 1. The van der Waals surface area contributed by atoms with Crippen molar-refractivity contribution in [3.63, 3.8) is 0 Å². The van der Waals surface area contributed by atoms with Crippen molar-refractivity contribution in [1.29, 1.82) is 0 Å². The molecule has 1 aromatic carbocycles. The van der Waals surface area contributed by atoms with Crippen molar-refractivity contribution in [2.75, 3.05) is 13.6 Å². The first-order valence-electron chi connectivity index (χ1n) is 10.1. The molecule has 1 unspecified atom stereocenters. The molecule has 2 aromatic rings. The molecule has 1 aliphatic carbocycles. The van der Waals surface area contributed by atoms with E-state index in [2.05, 4.69) is 16.9 Å². The van der Waals surface area contributed by atoms with E-state index in [1.54, 1.807) is 31.3 Å². The van der Waals surface area contributed by atoms with E-state index in [1.165, 1.54) is 16.5 Å². The minimum Gasteiger partial charge on any atom is -0.464 e. The summed E-state index contributed by atoms with van der Waals surface area (Å²) in [6.07, 6.45) is 0.130.